The van der Waals surface area contributed by atoms with Crippen LogP contribution in [0.25, 0.3) is 0 Å². The standard InChI is InChI=1S/C28H27N3O2S2/c1-17-10-13-22-23(16-29)28(35-24(22)14-17)31-27(33)25(18-6-3-2-4-7-18)34-21-9-5-8-20(15-21)30-26(32)19-11-12-19/h2-9,15,17,19,25H,10-14H2,1H3,(H,30,32)(H,31,33). The van der Waals surface area contributed by atoms with Crippen LogP contribution in [0.15, 0.2) is 59.5 Å². The Labute approximate surface area is 213 Å². The van der Waals surface area contributed by atoms with E-state index in [9.17, 15) is 14.9 Å². The SMILES string of the molecule is CC1CCc2c(sc(NC(=O)C(Sc3cccc(NC(=O)C4CC4)c3)c3ccccc3)c2C#N)C1. The summed E-state index contributed by atoms with van der Waals surface area (Å²) in [6, 6.07) is 19.7. The zero-order valence-electron chi connectivity index (χ0n) is 19.5. The number of carbonyl (C=O) groups excluding carboxylic acids is 2. The summed E-state index contributed by atoms with van der Waals surface area (Å²) >= 11 is 2.99. The van der Waals surface area contributed by atoms with Crippen LogP contribution in [-0.4, -0.2) is 11.8 Å². The molecule has 3 aromatic rings. The lowest BCUT2D eigenvalue weighted by Gasteiger charge is -2.17. The second-order valence-electron chi connectivity index (χ2n) is 9.36. The van der Waals surface area contributed by atoms with Gasteiger partial charge in [0.25, 0.3) is 0 Å². The minimum absolute atomic E-state index is 0.0597. The molecule has 0 spiro atoms. The van der Waals surface area contributed by atoms with Gasteiger partial charge in [-0.15, -0.1) is 23.1 Å². The molecule has 1 fully saturated rings. The Morgan fingerprint density at radius 2 is 1.89 bits per heavy atom. The second-order valence-corrected chi connectivity index (χ2v) is 11.6. The Morgan fingerprint density at radius 3 is 2.63 bits per heavy atom. The van der Waals surface area contributed by atoms with Crippen LogP contribution in [0.3, 0.4) is 0 Å². The first-order valence-electron chi connectivity index (χ1n) is 12.0. The Bertz CT molecular complexity index is 1290. The van der Waals surface area contributed by atoms with Crippen LogP contribution in [0.5, 0.6) is 0 Å². The number of nitriles is 1. The number of fused-ring (bicyclic) bond motifs is 1. The van der Waals surface area contributed by atoms with E-state index in [1.54, 1.807) is 11.3 Å². The molecule has 5 nitrogen and oxygen atoms in total. The van der Waals surface area contributed by atoms with Crippen molar-refractivity contribution in [2.75, 3.05) is 10.6 Å². The monoisotopic (exact) mass is 501 g/mol. The predicted molar refractivity (Wildman–Crippen MR) is 142 cm³/mol. The van der Waals surface area contributed by atoms with Gasteiger partial charge < -0.3 is 10.6 Å². The number of thioether (sulfide) groups is 1. The molecule has 0 aliphatic heterocycles. The van der Waals surface area contributed by atoms with E-state index in [0.29, 0.717) is 16.5 Å². The summed E-state index contributed by atoms with van der Waals surface area (Å²) in [6.07, 6.45) is 4.82. The molecule has 1 saturated carbocycles. The number of hydrogen-bond acceptors (Lipinski definition) is 5. The van der Waals surface area contributed by atoms with Crippen molar-refractivity contribution in [1.29, 1.82) is 5.26 Å². The molecule has 7 heteroatoms. The van der Waals surface area contributed by atoms with Gasteiger partial charge >= 0.3 is 0 Å². The Hall–Kier alpha value is -3.08. The minimum atomic E-state index is -0.504. The van der Waals surface area contributed by atoms with E-state index >= 15 is 0 Å². The van der Waals surface area contributed by atoms with Crippen LogP contribution < -0.4 is 10.6 Å². The van der Waals surface area contributed by atoms with E-state index in [2.05, 4.69) is 23.6 Å². The van der Waals surface area contributed by atoms with E-state index in [1.165, 1.54) is 16.6 Å². The van der Waals surface area contributed by atoms with E-state index in [0.717, 1.165) is 53.8 Å². The molecule has 1 heterocycles. The van der Waals surface area contributed by atoms with Crippen LogP contribution in [-0.2, 0) is 22.4 Å². The molecule has 35 heavy (non-hydrogen) atoms. The Kier molecular flexibility index (Phi) is 6.94. The molecule has 0 radical (unpaired) electrons. The fourth-order valence-electron chi connectivity index (χ4n) is 4.41. The average molecular weight is 502 g/mol. The highest BCUT2D eigenvalue weighted by Gasteiger charge is 2.30. The first kappa shape index (κ1) is 23.7. The van der Waals surface area contributed by atoms with Crippen molar-refractivity contribution in [3.05, 3.63) is 76.2 Å². The molecule has 2 amide bonds. The maximum absolute atomic E-state index is 13.6. The van der Waals surface area contributed by atoms with Gasteiger partial charge in [0, 0.05) is 21.4 Å². The first-order valence-corrected chi connectivity index (χ1v) is 13.7. The maximum atomic E-state index is 13.6. The molecule has 2 aliphatic rings. The minimum Gasteiger partial charge on any atom is -0.326 e. The third-order valence-corrected chi connectivity index (χ3v) is 8.92. The number of benzene rings is 2. The summed E-state index contributed by atoms with van der Waals surface area (Å²) in [5.74, 6) is 0.626. The van der Waals surface area contributed by atoms with Crippen molar-refractivity contribution < 1.29 is 9.59 Å². The lowest BCUT2D eigenvalue weighted by Crippen LogP contribution is -2.19. The van der Waals surface area contributed by atoms with Crippen molar-refractivity contribution in [1.82, 2.24) is 0 Å². The molecule has 1 aromatic heterocycles. The quantitative estimate of drug-likeness (QED) is 0.359. The largest absolute Gasteiger partial charge is 0.326 e. The van der Waals surface area contributed by atoms with Crippen molar-refractivity contribution in [2.24, 2.45) is 11.8 Å². The smallest absolute Gasteiger partial charge is 0.243 e. The summed E-state index contributed by atoms with van der Waals surface area (Å²) in [4.78, 5) is 27.9. The summed E-state index contributed by atoms with van der Waals surface area (Å²) in [5.41, 5.74) is 3.35. The van der Waals surface area contributed by atoms with E-state index in [-0.39, 0.29) is 17.7 Å². The molecule has 2 aromatic carbocycles. The zero-order valence-corrected chi connectivity index (χ0v) is 21.2. The zero-order chi connectivity index (χ0) is 24.4. The van der Waals surface area contributed by atoms with Gasteiger partial charge in [0.2, 0.25) is 11.8 Å². The average Bonchev–Trinajstić information content (AvgIpc) is 3.65. The highest BCUT2D eigenvalue weighted by atomic mass is 32.2. The van der Waals surface area contributed by atoms with Crippen LogP contribution in [0.4, 0.5) is 10.7 Å². The third kappa shape index (κ3) is 5.44. The fourth-order valence-corrected chi connectivity index (χ4v) is 6.86. The number of carbonyl (C=O) groups is 2. The van der Waals surface area contributed by atoms with Crippen LogP contribution in [0.2, 0.25) is 0 Å². The third-order valence-electron chi connectivity index (χ3n) is 6.50. The van der Waals surface area contributed by atoms with Gasteiger partial charge in [-0.3, -0.25) is 9.59 Å². The second kappa shape index (κ2) is 10.3. The molecular weight excluding hydrogens is 474 g/mol. The number of thiophene rings is 1. The van der Waals surface area contributed by atoms with Gasteiger partial charge in [-0.2, -0.15) is 5.26 Å². The van der Waals surface area contributed by atoms with Crippen molar-refractivity contribution in [3.8, 4) is 6.07 Å². The summed E-state index contributed by atoms with van der Waals surface area (Å²) in [7, 11) is 0. The Morgan fingerprint density at radius 1 is 1.09 bits per heavy atom. The van der Waals surface area contributed by atoms with Crippen molar-refractivity contribution >= 4 is 45.6 Å². The molecular formula is C28H27N3O2S2. The summed E-state index contributed by atoms with van der Waals surface area (Å²) in [6.45, 7) is 2.23. The van der Waals surface area contributed by atoms with Crippen molar-refractivity contribution in [2.45, 2.75) is 49.2 Å². The van der Waals surface area contributed by atoms with Gasteiger partial charge in [0.05, 0.1) is 5.56 Å². The van der Waals surface area contributed by atoms with Crippen molar-refractivity contribution in [3.63, 3.8) is 0 Å². The van der Waals surface area contributed by atoms with Crippen LogP contribution >= 0.6 is 23.1 Å². The topological polar surface area (TPSA) is 82.0 Å². The molecule has 178 valence electrons. The number of anilines is 2. The summed E-state index contributed by atoms with van der Waals surface area (Å²) < 4.78 is 0. The fraction of sp³-hybridized carbons (Fsp3) is 0.321. The number of hydrogen-bond donors (Lipinski definition) is 2. The normalized spacial score (nSPS) is 17.7. The van der Waals surface area contributed by atoms with Gasteiger partial charge in [-0.05, 0) is 67.3 Å². The first-order chi connectivity index (χ1) is 17.0. The van der Waals surface area contributed by atoms with Gasteiger partial charge in [0.15, 0.2) is 0 Å². The maximum Gasteiger partial charge on any atom is 0.243 e. The van der Waals surface area contributed by atoms with Crippen LogP contribution in [0, 0.1) is 23.2 Å². The highest BCUT2D eigenvalue weighted by molar-refractivity contribution is 8.00. The van der Waals surface area contributed by atoms with Gasteiger partial charge in [0.1, 0.15) is 16.3 Å². The molecule has 2 N–H and O–H groups in total. The number of nitrogens with one attached hydrogen (secondary N) is 2. The number of rotatable bonds is 7. The number of amides is 2. The Balaban J connectivity index is 1.39. The van der Waals surface area contributed by atoms with E-state index in [1.807, 2.05) is 54.6 Å². The predicted octanol–water partition coefficient (Wildman–Crippen LogP) is 6.57. The van der Waals surface area contributed by atoms with Gasteiger partial charge in [-0.1, -0.05) is 43.3 Å². The summed E-state index contributed by atoms with van der Waals surface area (Å²) in [5, 5.41) is 16.1. The van der Waals surface area contributed by atoms with E-state index < -0.39 is 5.25 Å². The van der Waals surface area contributed by atoms with Crippen LogP contribution in [0.1, 0.15) is 53.0 Å². The lowest BCUT2D eigenvalue weighted by molar-refractivity contribution is -0.117. The van der Waals surface area contributed by atoms with Gasteiger partial charge in [-0.25, -0.2) is 0 Å². The highest BCUT2D eigenvalue weighted by Crippen LogP contribution is 2.42. The molecule has 0 bridgehead atoms. The number of nitrogens with zero attached hydrogens (tertiary/aromatic N) is 1. The lowest BCUT2D eigenvalue weighted by atomic mass is 9.88. The van der Waals surface area contributed by atoms with E-state index in [4.69, 9.17) is 0 Å². The molecule has 0 saturated heterocycles. The molecule has 2 atom stereocenters. The molecule has 2 aliphatic carbocycles. The molecule has 2 unspecified atom stereocenters. The molecule has 5 rings (SSSR count).